The standard InChI is InChI=1S/C14H20N2O4/c1-3-19-13(17)8-9-15-14(18)16-10-20-12-6-4-11(2)5-7-12/h4-7H,3,8-10H2,1-2H3,(H2,15,16,18). The maximum atomic E-state index is 11.4. The Morgan fingerprint density at radius 1 is 1.15 bits per heavy atom. The average Bonchev–Trinajstić information content (AvgIpc) is 2.41. The third-order valence-corrected chi connectivity index (χ3v) is 2.41. The topological polar surface area (TPSA) is 76.7 Å². The van der Waals surface area contributed by atoms with E-state index in [0.717, 1.165) is 5.56 Å². The van der Waals surface area contributed by atoms with E-state index in [1.54, 1.807) is 6.92 Å². The SMILES string of the molecule is CCOC(=O)CCNC(=O)NCOc1ccc(C)cc1. The third kappa shape index (κ3) is 6.63. The number of benzene rings is 1. The summed E-state index contributed by atoms with van der Waals surface area (Å²) in [6, 6.07) is 7.12. The van der Waals surface area contributed by atoms with Gasteiger partial charge in [-0.3, -0.25) is 4.79 Å². The highest BCUT2D eigenvalue weighted by molar-refractivity contribution is 5.75. The van der Waals surface area contributed by atoms with Crippen LogP contribution in [-0.2, 0) is 9.53 Å². The van der Waals surface area contributed by atoms with Crippen LogP contribution in [0.3, 0.4) is 0 Å². The summed E-state index contributed by atoms with van der Waals surface area (Å²) in [5.41, 5.74) is 1.14. The molecule has 2 amide bonds. The molecule has 6 nitrogen and oxygen atoms in total. The zero-order valence-corrected chi connectivity index (χ0v) is 11.8. The van der Waals surface area contributed by atoms with Crippen molar-refractivity contribution in [2.24, 2.45) is 0 Å². The molecule has 0 atom stereocenters. The summed E-state index contributed by atoms with van der Waals surface area (Å²) in [6.45, 7) is 4.36. The van der Waals surface area contributed by atoms with Gasteiger partial charge >= 0.3 is 12.0 Å². The van der Waals surface area contributed by atoms with Crippen LogP contribution >= 0.6 is 0 Å². The lowest BCUT2D eigenvalue weighted by atomic mass is 10.2. The molecule has 0 fully saturated rings. The van der Waals surface area contributed by atoms with Gasteiger partial charge in [0.15, 0.2) is 6.73 Å². The Balaban J connectivity index is 2.11. The van der Waals surface area contributed by atoms with E-state index in [-0.39, 0.29) is 31.7 Å². The molecule has 2 N–H and O–H groups in total. The second-order valence-electron chi connectivity index (χ2n) is 4.09. The second-order valence-corrected chi connectivity index (χ2v) is 4.09. The van der Waals surface area contributed by atoms with E-state index in [9.17, 15) is 9.59 Å². The highest BCUT2D eigenvalue weighted by Crippen LogP contribution is 2.10. The van der Waals surface area contributed by atoms with Crippen molar-refractivity contribution in [3.05, 3.63) is 29.8 Å². The Morgan fingerprint density at radius 2 is 1.85 bits per heavy atom. The van der Waals surface area contributed by atoms with Gasteiger partial charge in [-0.25, -0.2) is 4.79 Å². The summed E-state index contributed by atoms with van der Waals surface area (Å²) in [6.07, 6.45) is 0.153. The maximum Gasteiger partial charge on any atom is 0.317 e. The Kier molecular flexibility index (Phi) is 6.95. The summed E-state index contributed by atoms with van der Waals surface area (Å²) in [5.74, 6) is 0.353. The van der Waals surface area contributed by atoms with E-state index >= 15 is 0 Å². The molecule has 0 heterocycles. The Bertz CT molecular complexity index is 431. The molecule has 0 aliphatic carbocycles. The molecule has 0 aromatic heterocycles. The van der Waals surface area contributed by atoms with Crippen molar-refractivity contribution in [3.8, 4) is 5.75 Å². The molecule has 0 saturated carbocycles. The summed E-state index contributed by atoms with van der Waals surface area (Å²) in [4.78, 5) is 22.4. The van der Waals surface area contributed by atoms with E-state index < -0.39 is 0 Å². The van der Waals surface area contributed by atoms with E-state index in [4.69, 9.17) is 9.47 Å². The van der Waals surface area contributed by atoms with E-state index in [0.29, 0.717) is 12.4 Å². The normalized spacial score (nSPS) is 9.70. The number of carbonyl (C=O) groups is 2. The van der Waals surface area contributed by atoms with Crippen molar-refractivity contribution in [2.75, 3.05) is 19.9 Å². The van der Waals surface area contributed by atoms with Crippen molar-refractivity contribution < 1.29 is 19.1 Å². The Labute approximate surface area is 118 Å². The number of ether oxygens (including phenoxy) is 2. The lowest BCUT2D eigenvalue weighted by Crippen LogP contribution is -2.38. The number of urea groups is 1. The number of carbonyl (C=O) groups excluding carboxylic acids is 2. The first-order valence-corrected chi connectivity index (χ1v) is 6.48. The molecule has 0 unspecified atom stereocenters. The summed E-state index contributed by atoms with van der Waals surface area (Å²) in [5, 5.41) is 5.06. The van der Waals surface area contributed by atoms with Crippen LogP contribution in [0.4, 0.5) is 4.79 Å². The number of rotatable bonds is 7. The highest BCUT2D eigenvalue weighted by atomic mass is 16.5. The molecular formula is C14H20N2O4. The van der Waals surface area contributed by atoms with Gasteiger partial charge in [-0.15, -0.1) is 0 Å². The van der Waals surface area contributed by atoms with Gasteiger partial charge in [0.25, 0.3) is 0 Å². The molecule has 0 spiro atoms. The number of amides is 2. The highest BCUT2D eigenvalue weighted by Gasteiger charge is 2.03. The predicted molar refractivity (Wildman–Crippen MR) is 74.5 cm³/mol. The first-order chi connectivity index (χ1) is 9.61. The largest absolute Gasteiger partial charge is 0.473 e. The maximum absolute atomic E-state index is 11.4. The van der Waals surface area contributed by atoms with Gasteiger partial charge in [0.2, 0.25) is 0 Å². The monoisotopic (exact) mass is 280 g/mol. The summed E-state index contributed by atoms with van der Waals surface area (Å²) >= 11 is 0. The molecule has 1 rings (SSSR count). The lowest BCUT2D eigenvalue weighted by Gasteiger charge is -2.09. The van der Waals surface area contributed by atoms with E-state index in [1.165, 1.54) is 0 Å². The van der Waals surface area contributed by atoms with Crippen LogP contribution in [0.1, 0.15) is 18.9 Å². The quantitative estimate of drug-likeness (QED) is 0.587. The Morgan fingerprint density at radius 3 is 2.50 bits per heavy atom. The van der Waals surface area contributed by atoms with Crippen molar-refractivity contribution >= 4 is 12.0 Å². The number of hydrogen-bond donors (Lipinski definition) is 2. The molecule has 0 radical (unpaired) electrons. The zero-order valence-electron chi connectivity index (χ0n) is 11.8. The van der Waals surface area contributed by atoms with Crippen molar-refractivity contribution in [2.45, 2.75) is 20.3 Å². The minimum atomic E-state index is -0.388. The predicted octanol–water partition coefficient (Wildman–Crippen LogP) is 1.58. The molecule has 6 heteroatoms. The molecule has 0 saturated heterocycles. The van der Waals surface area contributed by atoms with Crippen LogP contribution in [0.2, 0.25) is 0 Å². The van der Waals surface area contributed by atoms with Gasteiger partial charge in [0.1, 0.15) is 5.75 Å². The molecule has 110 valence electrons. The van der Waals surface area contributed by atoms with Crippen LogP contribution in [0.25, 0.3) is 0 Å². The van der Waals surface area contributed by atoms with Crippen LogP contribution in [-0.4, -0.2) is 31.9 Å². The fourth-order valence-corrected chi connectivity index (χ4v) is 1.39. The van der Waals surface area contributed by atoms with Crippen LogP contribution in [0.15, 0.2) is 24.3 Å². The summed E-state index contributed by atoms with van der Waals surface area (Å²) < 4.78 is 10.1. The minimum Gasteiger partial charge on any atom is -0.473 e. The average molecular weight is 280 g/mol. The van der Waals surface area contributed by atoms with Crippen molar-refractivity contribution in [1.82, 2.24) is 10.6 Å². The van der Waals surface area contributed by atoms with Gasteiger partial charge in [-0.05, 0) is 26.0 Å². The number of aryl methyl sites for hydroxylation is 1. The van der Waals surface area contributed by atoms with Crippen LogP contribution < -0.4 is 15.4 Å². The smallest absolute Gasteiger partial charge is 0.317 e. The van der Waals surface area contributed by atoms with Gasteiger partial charge in [-0.2, -0.15) is 0 Å². The number of nitrogens with one attached hydrogen (secondary N) is 2. The van der Waals surface area contributed by atoms with Crippen molar-refractivity contribution in [3.63, 3.8) is 0 Å². The van der Waals surface area contributed by atoms with Gasteiger partial charge in [-0.1, -0.05) is 17.7 Å². The fourth-order valence-electron chi connectivity index (χ4n) is 1.39. The van der Waals surface area contributed by atoms with Gasteiger partial charge in [0, 0.05) is 6.54 Å². The third-order valence-electron chi connectivity index (χ3n) is 2.41. The van der Waals surface area contributed by atoms with E-state index in [1.807, 2.05) is 31.2 Å². The van der Waals surface area contributed by atoms with Gasteiger partial charge in [0.05, 0.1) is 13.0 Å². The first kappa shape index (κ1) is 15.8. The number of hydrogen-bond acceptors (Lipinski definition) is 4. The second kappa shape index (κ2) is 8.79. The van der Waals surface area contributed by atoms with Crippen LogP contribution in [0, 0.1) is 6.92 Å². The fraction of sp³-hybridized carbons (Fsp3) is 0.429. The molecule has 0 bridgehead atoms. The van der Waals surface area contributed by atoms with Crippen LogP contribution in [0.5, 0.6) is 5.75 Å². The van der Waals surface area contributed by atoms with Gasteiger partial charge < -0.3 is 20.1 Å². The minimum absolute atomic E-state index is 0.0638. The lowest BCUT2D eigenvalue weighted by molar-refractivity contribution is -0.142. The summed E-state index contributed by atoms with van der Waals surface area (Å²) in [7, 11) is 0. The molecular weight excluding hydrogens is 260 g/mol. The molecule has 1 aromatic carbocycles. The molecule has 0 aliphatic heterocycles. The zero-order chi connectivity index (χ0) is 14.8. The molecule has 1 aromatic rings. The first-order valence-electron chi connectivity index (χ1n) is 6.48. The van der Waals surface area contributed by atoms with E-state index in [2.05, 4.69) is 10.6 Å². The van der Waals surface area contributed by atoms with Crippen molar-refractivity contribution in [1.29, 1.82) is 0 Å². The molecule has 0 aliphatic rings. The number of esters is 1. The Hall–Kier alpha value is -2.24. The molecule has 20 heavy (non-hydrogen) atoms.